The lowest BCUT2D eigenvalue weighted by atomic mass is 10.1. The molecule has 1 heterocycles. The molecule has 2 N–H and O–H groups in total. The highest BCUT2D eigenvalue weighted by Crippen LogP contribution is 2.09. The van der Waals surface area contributed by atoms with Gasteiger partial charge in [-0.3, -0.25) is 0 Å². The lowest BCUT2D eigenvalue weighted by Gasteiger charge is -2.09. The molecule has 2 nitrogen and oxygen atoms in total. The first-order chi connectivity index (χ1) is 9.24. The molecular formula is C14H15ClN2S2. The highest BCUT2D eigenvalue weighted by molar-refractivity contribution is 7.80. The summed E-state index contributed by atoms with van der Waals surface area (Å²) in [6.45, 7) is 1.60. The van der Waals surface area contributed by atoms with Gasteiger partial charge in [0.15, 0.2) is 5.11 Å². The van der Waals surface area contributed by atoms with Crippen LogP contribution < -0.4 is 10.6 Å². The molecule has 5 heteroatoms. The van der Waals surface area contributed by atoms with Crippen LogP contribution in [0.15, 0.2) is 41.8 Å². The van der Waals surface area contributed by atoms with Gasteiger partial charge in [-0.2, -0.15) is 0 Å². The Kier molecular flexibility index (Phi) is 5.63. The molecule has 0 radical (unpaired) electrons. The van der Waals surface area contributed by atoms with E-state index < -0.39 is 0 Å². The number of thiophene rings is 1. The van der Waals surface area contributed by atoms with E-state index in [2.05, 4.69) is 22.1 Å². The topological polar surface area (TPSA) is 24.1 Å². The van der Waals surface area contributed by atoms with E-state index in [1.54, 1.807) is 11.3 Å². The van der Waals surface area contributed by atoms with Crippen LogP contribution in [-0.4, -0.2) is 11.7 Å². The molecule has 0 aliphatic carbocycles. The molecule has 0 bridgehead atoms. The molecule has 0 aliphatic heterocycles. The summed E-state index contributed by atoms with van der Waals surface area (Å²) in [5, 5.41) is 9.92. The fourth-order valence-electron chi connectivity index (χ4n) is 1.61. The number of nitrogens with one attached hydrogen (secondary N) is 2. The molecule has 0 spiro atoms. The van der Waals surface area contributed by atoms with E-state index in [1.807, 2.05) is 30.3 Å². The van der Waals surface area contributed by atoms with Crippen LogP contribution in [0.25, 0.3) is 0 Å². The fourth-order valence-corrected chi connectivity index (χ4v) is 2.56. The zero-order valence-electron chi connectivity index (χ0n) is 10.4. The van der Waals surface area contributed by atoms with E-state index in [-0.39, 0.29) is 0 Å². The Balaban J connectivity index is 1.65. The van der Waals surface area contributed by atoms with Gasteiger partial charge in [-0.15, -0.1) is 11.3 Å². The molecule has 1 aromatic carbocycles. The van der Waals surface area contributed by atoms with Crippen molar-refractivity contribution in [3.63, 3.8) is 0 Å². The first-order valence-corrected chi connectivity index (χ1v) is 7.69. The molecule has 0 aliphatic rings. The fraction of sp³-hybridized carbons (Fsp3) is 0.214. The third kappa shape index (κ3) is 5.19. The second-order valence-corrected chi connectivity index (χ2v) is 5.94. The molecule has 0 saturated heterocycles. The van der Waals surface area contributed by atoms with Gasteiger partial charge >= 0.3 is 0 Å². The summed E-state index contributed by atoms with van der Waals surface area (Å²) < 4.78 is 0. The van der Waals surface area contributed by atoms with Crippen molar-refractivity contribution in [2.45, 2.75) is 13.0 Å². The molecule has 100 valence electrons. The van der Waals surface area contributed by atoms with Crippen molar-refractivity contribution in [3.8, 4) is 0 Å². The maximum Gasteiger partial charge on any atom is 0.166 e. The van der Waals surface area contributed by atoms with Gasteiger partial charge in [0.25, 0.3) is 0 Å². The summed E-state index contributed by atoms with van der Waals surface area (Å²) in [4.78, 5) is 1.28. The summed E-state index contributed by atoms with van der Waals surface area (Å²) in [5.41, 5.74) is 1.25. The van der Waals surface area contributed by atoms with Gasteiger partial charge in [-0.25, -0.2) is 0 Å². The average molecular weight is 311 g/mol. The second-order valence-electron chi connectivity index (χ2n) is 4.07. The van der Waals surface area contributed by atoms with Gasteiger partial charge in [0, 0.05) is 16.4 Å². The van der Waals surface area contributed by atoms with Crippen LogP contribution in [0, 0.1) is 0 Å². The summed E-state index contributed by atoms with van der Waals surface area (Å²) >= 11 is 12.8. The SMILES string of the molecule is S=C(NCCc1ccc(Cl)cc1)NCc1cccs1. The van der Waals surface area contributed by atoms with Gasteiger partial charge in [0.2, 0.25) is 0 Å². The predicted molar refractivity (Wildman–Crippen MR) is 86.9 cm³/mol. The van der Waals surface area contributed by atoms with Crippen molar-refractivity contribution < 1.29 is 0 Å². The van der Waals surface area contributed by atoms with Crippen molar-refractivity contribution in [2.75, 3.05) is 6.54 Å². The zero-order valence-corrected chi connectivity index (χ0v) is 12.7. The van der Waals surface area contributed by atoms with E-state index in [0.717, 1.165) is 24.5 Å². The van der Waals surface area contributed by atoms with Gasteiger partial charge in [0.1, 0.15) is 0 Å². The average Bonchev–Trinajstić information content (AvgIpc) is 2.92. The molecule has 2 rings (SSSR count). The van der Waals surface area contributed by atoms with Crippen LogP contribution >= 0.6 is 35.2 Å². The third-order valence-electron chi connectivity index (χ3n) is 2.62. The number of hydrogen-bond acceptors (Lipinski definition) is 2. The van der Waals surface area contributed by atoms with Crippen LogP contribution in [0.5, 0.6) is 0 Å². The molecular weight excluding hydrogens is 296 g/mol. The van der Waals surface area contributed by atoms with Gasteiger partial charge in [-0.05, 0) is 47.8 Å². The molecule has 1 aromatic heterocycles. The lowest BCUT2D eigenvalue weighted by Crippen LogP contribution is -2.35. The van der Waals surface area contributed by atoms with Crippen molar-refractivity contribution in [1.82, 2.24) is 10.6 Å². The van der Waals surface area contributed by atoms with E-state index in [0.29, 0.717) is 5.11 Å². The van der Waals surface area contributed by atoms with Crippen molar-refractivity contribution in [2.24, 2.45) is 0 Å². The van der Waals surface area contributed by atoms with E-state index in [9.17, 15) is 0 Å². The number of benzene rings is 1. The quantitative estimate of drug-likeness (QED) is 0.825. The Morgan fingerprint density at radius 1 is 1.16 bits per heavy atom. The lowest BCUT2D eigenvalue weighted by molar-refractivity contribution is 0.819. The third-order valence-corrected chi connectivity index (χ3v) is 4.03. The number of rotatable bonds is 5. The molecule has 19 heavy (non-hydrogen) atoms. The Morgan fingerprint density at radius 2 is 1.95 bits per heavy atom. The Hall–Kier alpha value is -1.10. The Bertz CT molecular complexity index is 509. The normalized spacial score (nSPS) is 10.2. The molecule has 0 unspecified atom stereocenters. The number of halogens is 1. The minimum atomic E-state index is 0.697. The highest BCUT2D eigenvalue weighted by atomic mass is 35.5. The predicted octanol–water partition coefficient (Wildman–Crippen LogP) is 3.61. The molecule has 0 fully saturated rings. The van der Waals surface area contributed by atoms with E-state index >= 15 is 0 Å². The maximum absolute atomic E-state index is 5.84. The molecule has 0 atom stereocenters. The number of hydrogen-bond donors (Lipinski definition) is 2. The summed E-state index contributed by atoms with van der Waals surface area (Å²) in [5.74, 6) is 0. The Labute approximate surface area is 127 Å². The summed E-state index contributed by atoms with van der Waals surface area (Å²) in [6.07, 6.45) is 0.929. The standard InChI is InChI=1S/C14H15ClN2S2/c15-12-5-3-11(4-6-12)7-8-16-14(18)17-10-13-2-1-9-19-13/h1-6,9H,7-8,10H2,(H2,16,17,18). The van der Waals surface area contributed by atoms with Crippen LogP contribution in [0.2, 0.25) is 5.02 Å². The largest absolute Gasteiger partial charge is 0.362 e. The maximum atomic E-state index is 5.84. The van der Waals surface area contributed by atoms with E-state index in [1.165, 1.54) is 10.4 Å². The first-order valence-electron chi connectivity index (χ1n) is 6.02. The second kappa shape index (κ2) is 7.48. The Morgan fingerprint density at radius 3 is 2.63 bits per heavy atom. The summed E-state index contributed by atoms with van der Waals surface area (Å²) in [6, 6.07) is 12.0. The van der Waals surface area contributed by atoms with E-state index in [4.69, 9.17) is 23.8 Å². The molecule has 0 amide bonds. The van der Waals surface area contributed by atoms with Crippen molar-refractivity contribution in [1.29, 1.82) is 0 Å². The van der Waals surface area contributed by atoms with Crippen LogP contribution in [-0.2, 0) is 13.0 Å². The number of thiocarbonyl (C=S) groups is 1. The van der Waals surface area contributed by atoms with Crippen LogP contribution in [0.3, 0.4) is 0 Å². The zero-order chi connectivity index (χ0) is 13.5. The van der Waals surface area contributed by atoms with Gasteiger partial charge < -0.3 is 10.6 Å². The molecule has 2 aromatic rings. The van der Waals surface area contributed by atoms with Crippen molar-refractivity contribution in [3.05, 3.63) is 57.2 Å². The smallest absolute Gasteiger partial charge is 0.166 e. The molecule has 0 saturated carbocycles. The minimum Gasteiger partial charge on any atom is -0.362 e. The van der Waals surface area contributed by atoms with Crippen LogP contribution in [0.1, 0.15) is 10.4 Å². The van der Waals surface area contributed by atoms with Gasteiger partial charge in [0.05, 0.1) is 6.54 Å². The van der Waals surface area contributed by atoms with Crippen LogP contribution in [0.4, 0.5) is 0 Å². The monoisotopic (exact) mass is 310 g/mol. The summed E-state index contributed by atoms with van der Waals surface area (Å²) in [7, 11) is 0. The highest BCUT2D eigenvalue weighted by Gasteiger charge is 1.98. The van der Waals surface area contributed by atoms with Gasteiger partial charge in [-0.1, -0.05) is 29.8 Å². The van der Waals surface area contributed by atoms with Crippen molar-refractivity contribution >= 4 is 40.3 Å². The first kappa shape index (κ1) is 14.3. The minimum absolute atomic E-state index is 0.697.